The predicted molar refractivity (Wildman–Crippen MR) is 75.2 cm³/mol. The third-order valence-corrected chi connectivity index (χ3v) is 5.01. The molecule has 1 unspecified atom stereocenters. The van der Waals surface area contributed by atoms with E-state index in [1.165, 1.54) is 19.8 Å². The Balaban J connectivity index is 3.19. The molecular formula is C11H16BrNS2. The quantitative estimate of drug-likeness (QED) is 0.853. The number of rotatable bonds is 4. The Kier molecular flexibility index (Phi) is 5.53. The molecule has 1 rings (SSSR count). The van der Waals surface area contributed by atoms with Gasteiger partial charge in [-0.1, -0.05) is 6.92 Å². The van der Waals surface area contributed by atoms with E-state index in [9.17, 15) is 0 Å². The summed E-state index contributed by atoms with van der Waals surface area (Å²) in [6.45, 7) is 2.85. The van der Waals surface area contributed by atoms with Crippen LogP contribution in [-0.4, -0.2) is 19.1 Å². The number of hydrogen-bond acceptors (Lipinski definition) is 3. The van der Waals surface area contributed by atoms with Crippen LogP contribution in [0.2, 0.25) is 0 Å². The maximum atomic E-state index is 5.69. The van der Waals surface area contributed by atoms with Gasteiger partial charge in [-0.25, -0.2) is 0 Å². The molecule has 0 aromatic heterocycles. The van der Waals surface area contributed by atoms with Crippen molar-refractivity contribution in [3.63, 3.8) is 0 Å². The molecule has 0 aliphatic carbocycles. The molecule has 0 radical (unpaired) electrons. The van der Waals surface area contributed by atoms with E-state index in [4.69, 9.17) is 5.73 Å². The van der Waals surface area contributed by atoms with Gasteiger partial charge < -0.3 is 5.73 Å². The Morgan fingerprint density at radius 2 is 2.00 bits per heavy atom. The first-order chi connectivity index (χ1) is 7.13. The number of nitrogens with two attached hydrogens (primary N) is 1. The number of hydrogen-bond donors (Lipinski definition) is 1. The van der Waals surface area contributed by atoms with Gasteiger partial charge in [0, 0.05) is 14.3 Å². The van der Waals surface area contributed by atoms with E-state index in [0.717, 1.165) is 0 Å². The maximum absolute atomic E-state index is 5.69. The van der Waals surface area contributed by atoms with Crippen molar-refractivity contribution in [3.8, 4) is 0 Å². The van der Waals surface area contributed by atoms with Crippen molar-refractivity contribution in [2.75, 3.05) is 19.1 Å². The summed E-state index contributed by atoms with van der Waals surface area (Å²) < 4.78 is 1.18. The second kappa shape index (κ2) is 6.18. The Hall–Kier alpha value is 0.360. The van der Waals surface area contributed by atoms with Gasteiger partial charge in [0.05, 0.1) is 0 Å². The van der Waals surface area contributed by atoms with Crippen LogP contribution in [0.1, 0.15) is 18.4 Å². The predicted octanol–water partition coefficient (Wildman–Crippen LogP) is 3.96. The molecule has 1 aromatic rings. The molecule has 2 N–H and O–H groups in total. The first kappa shape index (κ1) is 13.4. The van der Waals surface area contributed by atoms with Crippen LogP contribution in [0.25, 0.3) is 0 Å². The van der Waals surface area contributed by atoms with Gasteiger partial charge in [-0.15, -0.1) is 23.5 Å². The van der Waals surface area contributed by atoms with Crippen LogP contribution in [0.5, 0.6) is 0 Å². The van der Waals surface area contributed by atoms with Gasteiger partial charge in [0.15, 0.2) is 0 Å². The highest BCUT2D eigenvalue weighted by atomic mass is 79.9. The lowest BCUT2D eigenvalue weighted by molar-refractivity contribution is 0.768. The van der Waals surface area contributed by atoms with Crippen molar-refractivity contribution in [2.45, 2.75) is 22.6 Å². The molecule has 15 heavy (non-hydrogen) atoms. The van der Waals surface area contributed by atoms with Crippen LogP contribution in [0, 0.1) is 0 Å². The van der Waals surface area contributed by atoms with Gasteiger partial charge in [-0.2, -0.15) is 0 Å². The maximum Gasteiger partial charge on any atom is 0.0348 e. The molecule has 1 aromatic carbocycles. The Bertz CT molecular complexity index is 342. The molecule has 0 aliphatic rings. The molecule has 0 saturated heterocycles. The molecule has 0 aliphatic heterocycles. The van der Waals surface area contributed by atoms with E-state index in [1.54, 1.807) is 23.5 Å². The van der Waals surface area contributed by atoms with Gasteiger partial charge in [-0.3, -0.25) is 0 Å². The zero-order chi connectivity index (χ0) is 11.4. The third-order valence-electron chi connectivity index (χ3n) is 2.38. The summed E-state index contributed by atoms with van der Waals surface area (Å²) in [7, 11) is 0. The third kappa shape index (κ3) is 3.16. The highest BCUT2D eigenvalue weighted by molar-refractivity contribution is 9.10. The molecule has 0 heterocycles. The van der Waals surface area contributed by atoms with Crippen molar-refractivity contribution in [1.29, 1.82) is 0 Å². The molecule has 1 atom stereocenters. The molecule has 0 spiro atoms. The molecule has 0 saturated carbocycles. The fourth-order valence-corrected chi connectivity index (χ4v) is 4.02. The highest BCUT2D eigenvalue weighted by Crippen LogP contribution is 2.37. The molecule has 84 valence electrons. The number of thioether (sulfide) groups is 2. The molecule has 4 heteroatoms. The molecule has 0 bridgehead atoms. The summed E-state index contributed by atoms with van der Waals surface area (Å²) in [6.07, 6.45) is 4.21. The van der Waals surface area contributed by atoms with Crippen LogP contribution in [0.4, 0.5) is 0 Å². The Morgan fingerprint density at radius 1 is 1.33 bits per heavy atom. The minimum Gasteiger partial charge on any atom is -0.330 e. The smallest absolute Gasteiger partial charge is 0.0348 e. The number of halogens is 1. The second-order valence-electron chi connectivity index (χ2n) is 3.37. The molecule has 1 nitrogen and oxygen atoms in total. The van der Waals surface area contributed by atoms with E-state index in [2.05, 4.69) is 47.5 Å². The molecule has 0 amide bonds. The van der Waals surface area contributed by atoms with E-state index >= 15 is 0 Å². The van der Waals surface area contributed by atoms with Gasteiger partial charge >= 0.3 is 0 Å². The van der Waals surface area contributed by atoms with Gasteiger partial charge in [0.2, 0.25) is 0 Å². The lowest BCUT2D eigenvalue weighted by atomic mass is 10.0. The van der Waals surface area contributed by atoms with Crippen molar-refractivity contribution in [1.82, 2.24) is 0 Å². The van der Waals surface area contributed by atoms with Crippen LogP contribution >= 0.6 is 39.5 Å². The van der Waals surface area contributed by atoms with Crippen LogP contribution in [0.15, 0.2) is 26.4 Å². The summed E-state index contributed by atoms with van der Waals surface area (Å²) >= 11 is 7.18. The van der Waals surface area contributed by atoms with Gasteiger partial charge in [0.25, 0.3) is 0 Å². The summed E-state index contributed by atoms with van der Waals surface area (Å²) in [5.74, 6) is 0.420. The normalized spacial score (nSPS) is 12.9. The summed E-state index contributed by atoms with van der Waals surface area (Å²) in [6, 6.07) is 4.43. The Morgan fingerprint density at radius 3 is 2.47 bits per heavy atom. The highest BCUT2D eigenvalue weighted by Gasteiger charge is 2.11. The Labute approximate surface area is 109 Å². The largest absolute Gasteiger partial charge is 0.330 e. The zero-order valence-corrected chi connectivity index (χ0v) is 12.4. The standard InChI is InChI=1S/C11H16BrNS2/c1-7(6-13)8-4-9(12)11(15-3)10(5-8)14-2/h4-5,7H,6,13H2,1-3H3. The monoisotopic (exact) mass is 305 g/mol. The lowest BCUT2D eigenvalue weighted by Gasteiger charge is -2.14. The van der Waals surface area contributed by atoms with E-state index in [0.29, 0.717) is 12.5 Å². The van der Waals surface area contributed by atoms with Crippen molar-refractivity contribution < 1.29 is 0 Å². The summed E-state index contributed by atoms with van der Waals surface area (Å²) in [5, 5.41) is 0. The van der Waals surface area contributed by atoms with E-state index in [-0.39, 0.29) is 0 Å². The van der Waals surface area contributed by atoms with E-state index in [1.807, 2.05) is 0 Å². The fraction of sp³-hybridized carbons (Fsp3) is 0.455. The lowest BCUT2D eigenvalue weighted by Crippen LogP contribution is -2.09. The topological polar surface area (TPSA) is 26.0 Å². The van der Waals surface area contributed by atoms with Crippen molar-refractivity contribution >= 4 is 39.5 Å². The van der Waals surface area contributed by atoms with Crippen LogP contribution < -0.4 is 5.73 Å². The average Bonchev–Trinajstić information content (AvgIpc) is 2.26. The fourth-order valence-electron chi connectivity index (χ4n) is 1.36. The minimum absolute atomic E-state index is 0.420. The van der Waals surface area contributed by atoms with Gasteiger partial charge in [-0.05, 0) is 58.6 Å². The summed E-state index contributed by atoms with van der Waals surface area (Å²) in [4.78, 5) is 2.64. The van der Waals surface area contributed by atoms with E-state index < -0.39 is 0 Å². The number of benzene rings is 1. The van der Waals surface area contributed by atoms with Crippen molar-refractivity contribution in [3.05, 3.63) is 22.2 Å². The minimum atomic E-state index is 0.420. The average molecular weight is 306 g/mol. The van der Waals surface area contributed by atoms with Gasteiger partial charge in [0.1, 0.15) is 0 Å². The molecule has 0 fully saturated rings. The van der Waals surface area contributed by atoms with Crippen LogP contribution in [-0.2, 0) is 0 Å². The summed E-state index contributed by atoms with van der Waals surface area (Å²) in [5.41, 5.74) is 7.00. The van der Waals surface area contributed by atoms with Crippen LogP contribution in [0.3, 0.4) is 0 Å². The first-order valence-corrected chi connectivity index (χ1v) is 7.99. The van der Waals surface area contributed by atoms with Crippen molar-refractivity contribution in [2.24, 2.45) is 5.73 Å². The molecular weight excluding hydrogens is 290 g/mol. The zero-order valence-electron chi connectivity index (χ0n) is 9.21. The SMILES string of the molecule is CSc1cc(C(C)CN)cc(Br)c1SC. The second-order valence-corrected chi connectivity index (χ2v) is 5.89. The first-order valence-electron chi connectivity index (χ1n) is 4.75.